The van der Waals surface area contributed by atoms with E-state index in [0.29, 0.717) is 11.8 Å². The van der Waals surface area contributed by atoms with Gasteiger partial charge in [0.1, 0.15) is 0 Å². The predicted octanol–water partition coefficient (Wildman–Crippen LogP) is 3.04. The highest BCUT2D eigenvalue weighted by Gasteiger charge is 2.17. The van der Waals surface area contributed by atoms with Crippen molar-refractivity contribution in [1.82, 2.24) is 25.3 Å². The number of nitrogens with one attached hydrogen (secondary N) is 1. The van der Waals surface area contributed by atoms with Gasteiger partial charge in [-0.3, -0.25) is 4.68 Å². The summed E-state index contributed by atoms with van der Waals surface area (Å²) in [6.07, 6.45) is 3.89. The summed E-state index contributed by atoms with van der Waals surface area (Å²) in [4.78, 5) is 0.992. The van der Waals surface area contributed by atoms with Gasteiger partial charge < -0.3 is 9.73 Å². The molecule has 3 aromatic rings. The lowest BCUT2D eigenvalue weighted by Gasteiger charge is -2.17. The number of hydrogen-bond acceptors (Lipinski definition) is 6. The molecule has 0 spiro atoms. The summed E-state index contributed by atoms with van der Waals surface area (Å²) in [5, 5.41) is 18.0. The zero-order valence-electron chi connectivity index (χ0n) is 12.9. The van der Waals surface area contributed by atoms with Crippen LogP contribution in [-0.2, 0) is 6.54 Å². The van der Waals surface area contributed by atoms with Gasteiger partial charge in [-0.25, -0.2) is 0 Å². The summed E-state index contributed by atoms with van der Waals surface area (Å²) in [6, 6.07) is 4.18. The highest BCUT2D eigenvalue weighted by Crippen LogP contribution is 2.24. The molecule has 3 rings (SSSR count). The Kier molecular flexibility index (Phi) is 4.35. The van der Waals surface area contributed by atoms with Crippen molar-refractivity contribution >= 4 is 11.3 Å². The normalized spacial score (nSPS) is 14.1. The zero-order chi connectivity index (χ0) is 15.5. The van der Waals surface area contributed by atoms with Crippen molar-refractivity contribution in [2.45, 2.75) is 39.4 Å². The average molecular weight is 317 g/mol. The smallest absolute Gasteiger partial charge is 0.257 e. The van der Waals surface area contributed by atoms with Gasteiger partial charge in [-0.05, 0) is 37.8 Å². The number of nitrogens with zero attached hydrogens (tertiary/aromatic N) is 4. The van der Waals surface area contributed by atoms with Crippen molar-refractivity contribution in [2.24, 2.45) is 0 Å². The Morgan fingerprint density at radius 2 is 2.23 bits per heavy atom. The molecule has 0 aliphatic heterocycles. The molecule has 2 atom stereocenters. The molecule has 0 bridgehead atoms. The fraction of sp³-hybridized carbons (Fsp3) is 0.400. The summed E-state index contributed by atoms with van der Waals surface area (Å²) in [5.74, 6) is 1.18. The van der Waals surface area contributed by atoms with Crippen LogP contribution >= 0.6 is 11.3 Å². The lowest BCUT2D eigenvalue weighted by molar-refractivity contribution is 0.362. The first-order valence-corrected chi connectivity index (χ1v) is 8.12. The van der Waals surface area contributed by atoms with Gasteiger partial charge >= 0.3 is 0 Å². The average Bonchev–Trinajstić information content (AvgIpc) is 3.18. The minimum Gasteiger partial charge on any atom is -0.418 e. The van der Waals surface area contributed by atoms with E-state index in [9.17, 15) is 0 Å². The van der Waals surface area contributed by atoms with Gasteiger partial charge in [-0.15, -0.1) is 21.5 Å². The summed E-state index contributed by atoms with van der Waals surface area (Å²) in [5.41, 5.74) is 1.16. The first kappa shape index (κ1) is 14.9. The Bertz CT molecular complexity index is 718. The van der Waals surface area contributed by atoms with Crippen molar-refractivity contribution in [3.63, 3.8) is 0 Å². The molecule has 0 radical (unpaired) electrons. The van der Waals surface area contributed by atoms with Crippen LogP contribution in [0.3, 0.4) is 0 Å². The molecule has 0 saturated carbocycles. The summed E-state index contributed by atoms with van der Waals surface area (Å²) in [7, 11) is 0. The molecular weight excluding hydrogens is 298 g/mol. The third-order valence-electron chi connectivity index (χ3n) is 3.30. The van der Waals surface area contributed by atoms with E-state index in [-0.39, 0.29) is 12.1 Å². The van der Waals surface area contributed by atoms with Crippen molar-refractivity contribution in [1.29, 1.82) is 0 Å². The Balaban J connectivity index is 1.60. The van der Waals surface area contributed by atoms with Crippen LogP contribution in [0.1, 0.15) is 31.3 Å². The minimum absolute atomic E-state index is 0.00660. The monoisotopic (exact) mass is 317 g/mol. The van der Waals surface area contributed by atoms with Crippen LogP contribution in [0.25, 0.3) is 10.8 Å². The maximum Gasteiger partial charge on any atom is 0.257 e. The summed E-state index contributed by atoms with van der Waals surface area (Å²) in [6.45, 7) is 6.97. The molecule has 3 aromatic heterocycles. The molecule has 7 heteroatoms. The molecule has 0 aliphatic carbocycles. The minimum atomic E-state index is -0.00660. The lowest BCUT2D eigenvalue weighted by atomic mass is 10.2. The quantitative estimate of drug-likeness (QED) is 0.757. The highest BCUT2D eigenvalue weighted by atomic mass is 32.1. The van der Waals surface area contributed by atoms with E-state index in [4.69, 9.17) is 4.42 Å². The highest BCUT2D eigenvalue weighted by molar-refractivity contribution is 7.13. The van der Waals surface area contributed by atoms with Gasteiger partial charge in [0.15, 0.2) is 0 Å². The van der Waals surface area contributed by atoms with Gasteiger partial charge in [0, 0.05) is 12.2 Å². The molecule has 0 amide bonds. The molecule has 3 heterocycles. The van der Waals surface area contributed by atoms with Crippen LogP contribution < -0.4 is 5.32 Å². The molecule has 0 fully saturated rings. The molecule has 116 valence electrons. The largest absolute Gasteiger partial charge is 0.418 e. The fourth-order valence-electron chi connectivity index (χ4n) is 2.31. The first-order valence-electron chi connectivity index (χ1n) is 7.24. The van der Waals surface area contributed by atoms with Crippen molar-refractivity contribution < 1.29 is 4.42 Å². The number of thiophene rings is 1. The van der Waals surface area contributed by atoms with E-state index in [2.05, 4.69) is 27.5 Å². The Hall–Kier alpha value is -1.99. The standard InChI is InChI=1S/C15H19N5OS/c1-10-7-16-20(8-10)9-11(2)17-12(3)14-18-19-15(21-14)13-5-4-6-22-13/h4-8,11-12,17H,9H2,1-3H3. The second-order valence-electron chi connectivity index (χ2n) is 5.45. The van der Waals surface area contributed by atoms with Gasteiger partial charge in [0.2, 0.25) is 5.89 Å². The zero-order valence-corrected chi connectivity index (χ0v) is 13.7. The van der Waals surface area contributed by atoms with Crippen molar-refractivity contribution in [3.8, 4) is 10.8 Å². The molecular formula is C15H19N5OS. The van der Waals surface area contributed by atoms with Crippen LogP contribution in [0.15, 0.2) is 34.3 Å². The topological polar surface area (TPSA) is 68.8 Å². The molecule has 2 unspecified atom stereocenters. The lowest BCUT2D eigenvalue weighted by Crippen LogP contribution is -2.33. The molecule has 0 saturated heterocycles. The molecule has 6 nitrogen and oxygen atoms in total. The van der Waals surface area contributed by atoms with Crippen LogP contribution in [-0.4, -0.2) is 26.0 Å². The summed E-state index contributed by atoms with van der Waals surface area (Å²) < 4.78 is 7.68. The maximum atomic E-state index is 5.75. The van der Waals surface area contributed by atoms with E-state index in [1.165, 1.54) is 0 Å². The van der Waals surface area contributed by atoms with E-state index in [1.54, 1.807) is 11.3 Å². The van der Waals surface area contributed by atoms with Crippen molar-refractivity contribution in [2.75, 3.05) is 0 Å². The van der Waals surface area contributed by atoms with Crippen LogP contribution in [0.5, 0.6) is 0 Å². The van der Waals surface area contributed by atoms with Gasteiger partial charge in [0.05, 0.1) is 23.7 Å². The fourth-order valence-corrected chi connectivity index (χ4v) is 2.95. The van der Waals surface area contributed by atoms with Crippen LogP contribution in [0, 0.1) is 6.92 Å². The Morgan fingerprint density at radius 3 is 2.91 bits per heavy atom. The molecule has 1 N–H and O–H groups in total. The number of rotatable bonds is 6. The molecule has 0 aromatic carbocycles. The number of aryl methyl sites for hydroxylation is 1. The Labute approximate surface area is 133 Å². The third kappa shape index (κ3) is 3.42. The van der Waals surface area contributed by atoms with Gasteiger partial charge in [-0.2, -0.15) is 5.10 Å². The summed E-state index contributed by atoms with van der Waals surface area (Å²) >= 11 is 1.59. The Morgan fingerprint density at radius 1 is 1.36 bits per heavy atom. The third-order valence-corrected chi connectivity index (χ3v) is 4.16. The number of aromatic nitrogens is 4. The second kappa shape index (κ2) is 6.41. The van der Waals surface area contributed by atoms with Gasteiger partial charge in [-0.1, -0.05) is 6.07 Å². The van der Waals surface area contributed by atoms with Crippen molar-refractivity contribution in [3.05, 3.63) is 41.4 Å². The predicted molar refractivity (Wildman–Crippen MR) is 85.6 cm³/mol. The van der Waals surface area contributed by atoms with Gasteiger partial charge in [0.25, 0.3) is 5.89 Å². The first-order chi connectivity index (χ1) is 10.6. The molecule has 0 aliphatic rings. The maximum absolute atomic E-state index is 5.75. The van der Waals surface area contributed by atoms with E-state index < -0.39 is 0 Å². The number of hydrogen-bond donors (Lipinski definition) is 1. The van der Waals surface area contributed by atoms with E-state index in [1.807, 2.05) is 48.4 Å². The van der Waals surface area contributed by atoms with E-state index >= 15 is 0 Å². The second-order valence-corrected chi connectivity index (χ2v) is 6.40. The SMILES string of the molecule is Cc1cnn(CC(C)NC(C)c2nnc(-c3cccs3)o2)c1. The van der Waals surface area contributed by atoms with Crippen LogP contribution in [0.4, 0.5) is 0 Å². The van der Waals surface area contributed by atoms with E-state index in [0.717, 1.165) is 17.0 Å². The van der Waals surface area contributed by atoms with Crippen LogP contribution in [0.2, 0.25) is 0 Å². The molecule has 22 heavy (non-hydrogen) atoms.